The second-order valence-corrected chi connectivity index (χ2v) is 15.3. The van der Waals surface area contributed by atoms with Gasteiger partial charge in [-0.15, -0.1) is 0 Å². The molecule has 55 heavy (non-hydrogen) atoms. The number of pyridine rings is 1. The van der Waals surface area contributed by atoms with Crippen molar-refractivity contribution in [3.05, 3.63) is 66.5 Å². The lowest BCUT2D eigenvalue weighted by Gasteiger charge is -2.26. The zero-order chi connectivity index (χ0) is 39.7. The monoisotopic (exact) mass is 808 g/mol. The van der Waals surface area contributed by atoms with Crippen LogP contribution in [0.3, 0.4) is 0 Å². The van der Waals surface area contributed by atoms with Gasteiger partial charge in [0.15, 0.2) is 47.5 Å². The second-order valence-electron chi connectivity index (χ2n) is 12.3. The molecule has 25 heteroatoms. The first-order chi connectivity index (χ1) is 26.0. The van der Waals surface area contributed by atoms with Crippen LogP contribution >= 0.6 is 15.6 Å². The van der Waals surface area contributed by atoms with Gasteiger partial charge in [0, 0.05) is 24.4 Å². The highest BCUT2D eigenvalue weighted by Crippen LogP contribution is 2.58. The van der Waals surface area contributed by atoms with Crippen LogP contribution in [0, 0.1) is 17.9 Å². The highest BCUT2D eigenvalue weighted by Gasteiger charge is 2.49. The molecule has 0 aromatic carbocycles. The number of imidazole rings is 1. The standard InChI is InChI=1S/C30H34N8O15P2/c31-26-21-28(35-14-34-26)38(19(36-21)7-8-33-20(39)10-15-4-1-2-5-15)30-25(43)23(41)18(52-30)13-50-55(47,48)53-54(45,46)49-12-17-22(40)24(42)29(51-17)37-9-3-6-16(11-37)27(32)44/h1-6,9,11,14-15,17-18,22-25,29-30,40-43H,10,12-13H2,(H6-,31,32,33,34,35,36,39,44,45,46,47,48)/t17-,18-,22-,23-,24-,25-,29-,30-/m1/s1. The van der Waals surface area contributed by atoms with E-state index in [1.165, 1.54) is 29.1 Å². The number of aromatic nitrogens is 5. The molecule has 3 aliphatic rings. The molecule has 0 saturated carbocycles. The van der Waals surface area contributed by atoms with Gasteiger partial charge in [-0.2, -0.15) is 4.57 Å². The largest absolute Gasteiger partial charge is 0.756 e. The highest BCUT2D eigenvalue weighted by molar-refractivity contribution is 7.60. The number of nitrogens with one attached hydrogen (secondary N) is 1. The van der Waals surface area contributed by atoms with Crippen molar-refractivity contribution in [3.8, 4) is 12.0 Å². The molecule has 2 aliphatic heterocycles. The third kappa shape index (κ3) is 9.15. The van der Waals surface area contributed by atoms with E-state index >= 15 is 0 Å². The Morgan fingerprint density at radius 1 is 1.04 bits per heavy atom. The molecule has 5 heterocycles. The molecule has 1 aliphatic carbocycles. The van der Waals surface area contributed by atoms with Crippen LogP contribution < -0.4 is 26.2 Å². The maximum Gasteiger partial charge on any atom is 0.478 e. The van der Waals surface area contributed by atoms with Crippen molar-refractivity contribution < 1.29 is 76.3 Å². The summed E-state index contributed by atoms with van der Waals surface area (Å²) in [5.74, 6) is 1.11. The van der Waals surface area contributed by atoms with Crippen molar-refractivity contribution in [2.24, 2.45) is 11.7 Å². The van der Waals surface area contributed by atoms with Gasteiger partial charge in [-0.05, 0) is 12.0 Å². The second kappa shape index (κ2) is 16.3. The first kappa shape index (κ1) is 40.2. The predicted octanol–water partition coefficient (Wildman–Crippen LogP) is -3.09. The summed E-state index contributed by atoms with van der Waals surface area (Å²) in [6.07, 6.45) is -1.77. The van der Waals surface area contributed by atoms with Gasteiger partial charge < -0.3 is 55.7 Å². The van der Waals surface area contributed by atoms with Gasteiger partial charge in [0.25, 0.3) is 20.0 Å². The Labute approximate surface area is 310 Å². The Morgan fingerprint density at radius 3 is 2.45 bits per heavy atom. The predicted molar refractivity (Wildman–Crippen MR) is 179 cm³/mol. The van der Waals surface area contributed by atoms with Crippen LogP contribution in [0.4, 0.5) is 5.82 Å². The summed E-state index contributed by atoms with van der Waals surface area (Å²) in [6, 6.07) is 5.27. The van der Waals surface area contributed by atoms with E-state index in [4.69, 9.17) is 25.5 Å². The quantitative estimate of drug-likeness (QED) is 0.0367. The van der Waals surface area contributed by atoms with Crippen LogP contribution in [0.5, 0.6) is 0 Å². The van der Waals surface area contributed by atoms with E-state index in [0.29, 0.717) is 0 Å². The number of anilines is 1. The molecule has 2 amide bonds. The Hall–Kier alpha value is -4.50. The van der Waals surface area contributed by atoms with Crippen molar-refractivity contribution in [2.75, 3.05) is 18.9 Å². The lowest BCUT2D eigenvalue weighted by atomic mass is 10.1. The normalized spacial score (nSPS) is 28.5. The number of rotatable bonds is 13. The number of phosphoric acid groups is 2. The van der Waals surface area contributed by atoms with Gasteiger partial charge in [0.2, 0.25) is 5.91 Å². The number of carbonyl (C=O) groups is 2. The fourth-order valence-corrected chi connectivity index (χ4v) is 7.84. The average molecular weight is 809 g/mol. The summed E-state index contributed by atoms with van der Waals surface area (Å²) in [5.41, 5.74) is 11.3. The molecular weight excluding hydrogens is 774 g/mol. The summed E-state index contributed by atoms with van der Waals surface area (Å²) < 4.78 is 52.3. The minimum atomic E-state index is -5.70. The van der Waals surface area contributed by atoms with Crippen molar-refractivity contribution >= 4 is 44.4 Å². The number of ether oxygens (including phenoxy) is 2. The summed E-state index contributed by atoms with van der Waals surface area (Å²) in [4.78, 5) is 58.8. The van der Waals surface area contributed by atoms with Crippen LogP contribution in [0.1, 0.15) is 35.1 Å². The lowest BCUT2D eigenvalue weighted by Crippen LogP contribution is -2.46. The molecule has 2 fully saturated rings. The van der Waals surface area contributed by atoms with Crippen molar-refractivity contribution in [3.63, 3.8) is 0 Å². The van der Waals surface area contributed by atoms with Gasteiger partial charge in [0.05, 0.1) is 13.2 Å². The number of primary amides is 1. The number of amides is 2. The number of aliphatic hydroxyl groups excluding tert-OH is 4. The van der Waals surface area contributed by atoms with E-state index in [1.54, 1.807) is 12.2 Å². The summed E-state index contributed by atoms with van der Waals surface area (Å²) in [6.45, 7) is -2.02. The molecular formula is C30H34N8O15P2. The Bertz CT molecular complexity index is 2160. The summed E-state index contributed by atoms with van der Waals surface area (Å²) >= 11 is 0. The number of hydrogen-bond donors (Lipinski definition) is 8. The lowest BCUT2D eigenvalue weighted by molar-refractivity contribution is -0.765. The Morgan fingerprint density at radius 2 is 1.73 bits per heavy atom. The number of hydrogen-bond acceptors (Lipinski definition) is 18. The van der Waals surface area contributed by atoms with E-state index < -0.39 is 89.8 Å². The maximum atomic E-state index is 12.7. The van der Waals surface area contributed by atoms with E-state index in [9.17, 15) is 48.9 Å². The van der Waals surface area contributed by atoms with Crippen LogP contribution in [0.25, 0.3) is 11.2 Å². The highest BCUT2D eigenvalue weighted by atomic mass is 31.3. The third-order valence-corrected chi connectivity index (χ3v) is 11.0. The fraction of sp³-hybridized carbons (Fsp3) is 0.400. The molecule has 0 spiro atoms. The van der Waals surface area contributed by atoms with Gasteiger partial charge in [-0.3, -0.25) is 28.6 Å². The SMILES string of the molecule is NC(=O)c1ccc[n+]([C@@H]2O[C@H](COP(=O)([O-])OP(=O)(O)OC[C@H]3O[C@@H](n4c(C#CNC(=O)CC5C=CC=C5)nc5c(N)ncnc54)[C@H](O)[C@@H]3O)[C@@H](O)[C@H]2O)c1. The van der Waals surface area contributed by atoms with Crippen LogP contribution in [-0.2, 0) is 36.8 Å². The minimum absolute atomic E-state index is 0.00393. The third-order valence-electron chi connectivity index (χ3n) is 8.46. The van der Waals surface area contributed by atoms with E-state index in [2.05, 4.69) is 41.1 Å². The number of phosphoric ester groups is 2. The molecule has 294 valence electrons. The molecule has 3 aromatic heterocycles. The number of nitrogen functional groups attached to an aromatic ring is 1. The number of aliphatic hydroxyl groups is 4. The van der Waals surface area contributed by atoms with Gasteiger partial charge in [-0.25, -0.2) is 23.8 Å². The number of nitrogens with zero attached hydrogens (tertiary/aromatic N) is 5. The number of carbonyl (C=O) groups excluding carboxylic acids is 2. The zero-order valence-electron chi connectivity index (χ0n) is 28.1. The summed E-state index contributed by atoms with van der Waals surface area (Å²) in [7, 11) is -11.3. The molecule has 0 bridgehead atoms. The van der Waals surface area contributed by atoms with E-state index in [1.807, 2.05) is 12.2 Å². The average Bonchev–Trinajstić information content (AvgIpc) is 3.90. The number of allylic oxidation sites excluding steroid dienone is 4. The fourth-order valence-electron chi connectivity index (χ4n) is 5.79. The molecule has 2 unspecified atom stereocenters. The van der Waals surface area contributed by atoms with E-state index in [-0.39, 0.29) is 40.7 Å². The van der Waals surface area contributed by atoms with Gasteiger partial charge >= 0.3 is 7.82 Å². The van der Waals surface area contributed by atoms with Crippen LogP contribution in [-0.4, -0.2) is 106 Å². The smallest absolute Gasteiger partial charge is 0.478 e. The topological polar surface area (TPSA) is 350 Å². The first-order valence-electron chi connectivity index (χ1n) is 16.1. The molecule has 10 atom stereocenters. The van der Waals surface area contributed by atoms with Crippen LogP contribution in [0.2, 0.25) is 0 Å². The minimum Gasteiger partial charge on any atom is -0.756 e. The molecule has 2 saturated heterocycles. The number of nitrogens with two attached hydrogens (primary N) is 2. The molecule has 3 aromatic rings. The number of fused-ring (bicyclic) bond motifs is 1. The maximum absolute atomic E-state index is 12.7. The Kier molecular flexibility index (Phi) is 11.9. The first-order valence-corrected chi connectivity index (χ1v) is 19.1. The summed E-state index contributed by atoms with van der Waals surface area (Å²) in [5, 5.41) is 45.0. The van der Waals surface area contributed by atoms with Gasteiger partial charge in [0.1, 0.15) is 42.4 Å². The van der Waals surface area contributed by atoms with Crippen molar-refractivity contribution in [1.29, 1.82) is 0 Å². The molecule has 0 radical (unpaired) electrons. The van der Waals surface area contributed by atoms with Crippen LogP contribution in [0.15, 0.2) is 55.2 Å². The van der Waals surface area contributed by atoms with Crippen molar-refractivity contribution in [2.45, 2.75) is 55.5 Å². The van der Waals surface area contributed by atoms with Crippen molar-refractivity contribution in [1.82, 2.24) is 24.8 Å². The zero-order valence-corrected chi connectivity index (χ0v) is 29.9. The molecule has 23 nitrogen and oxygen atoms in total. The van der Waals surface area contributed by atoms with Gasteiger partial charge in [-0.1, -0.05) is 24.3 Å². The van der Waals surface area contributed by atoms with E-state index in [0.717, 1.165) is 10.9 Å². The molecule has 6 rings (SSSR count). The molecule has 10 N–H and O–H groups in total. The Balaban J connectivity index is 1.07.